The number of carboxylic acids is 1. The van der Waals surface area contributed by atoms with E-state index in [0.717, 1.165) is 17.1 Å². The molecule has 0 fully saturated rings. The first-order valence-corrected chi connectivity index (χ1v) is 12.2. The van der Waals surface area contributed by atoms with Gasteiger partial charge in [-0.05, 0) is 30.5 Å². The Morgan fingerprint density at radius 1 is 1.07 bits per heavy atom. The molecule has 0 aliphatic rings. The zero-order valence-electron chi connectivity index (χ0n) is 19.2. The molecule has 1 aromatic rings. The molecule has 1 N–H and O–H groups in total. The van der Waals surface area contributed by atoms with Crippen LogP contribution >= 0.6 is 0 Å². The number of unbranched alkanes of at least 4 members (excludes halogenated alkanes) is 5. The van der Waals surface area contributed by atoms with E-state index in [-0.39, 0.29) is 6.42 Å². The van der Waals surface area contributed by atoms with E-state index in [0.29, 0.717) is 16.7 Å². The summed E-state index contributed by atoms with van der Waals surface area (Å²) in [6, 6.07) is 6.68. The number of hydrogen-bond donors (Lipinski definition) is 1. The summed E-state index contributed by atoms with van der Waals surface area (Å²) in [5.74, 6) is -1.27. The predicted octanol–water partition coefficient (Wildman–Crippen LogP) is 2.39. The number of hydrogen-bond acceptors (Lipinski definition) is 4. The summed E-state index contributed by atoms with van der Waals surface area (Å²) >= 11 is 0. The molecule has 0 saturated carbocycles. The third kappa shape index (κ3) is 10.4. The Kier molecular flexibility index (Phi) is 10.8. The molecule has 0 heterocycles. The van der Waals surface area contributed by atoms with Gasteiger partial charge >= 0.3 is 10.2 Å². The number of anilines is 1. The zero-order chi connectivity index (χ0) is 22.8. The lowest BCUT2D eigenvalue weighted by Gasteiger charge is -2.34. The highest BCUT2D eigenvalue weighted by Crippen LogP contribution is 2.18. The number of carbonyl (C=O) groups excluding carboxylic acids is 1. The van der Waals surface area contributed by atoms with Gasteiger partial charge in [0.2, 0.25) is 0 Å². The number of rotatable bonds is 15. The SMILES string of the molecule is CCCCCCCCc1ccc(NS(=O)(=O)N(C)C(CC(=O)[O-])C[N+](C)(C)C)cc1. The molecule has 0 bridgehead atoms. The molecule has 0 saturated heterocycles. The number of aryl methyl sites for hydroxylation is 1. The number of quaternary nitrogens is 1. The van der Waals surface area contributed by atoms with Crippen molar-refractivity contribution < 1.29 is 22.8 Å². The van der Waals surface area contributed by atoms with Crippen molar-refractivity contribution in [3.63, 3.8) is 0 Å². The van der Waals surface area contributed by atoms with Crippen LogP contribution in [0.15, 0.2) is 24.3 Å². The third-order valence-corrected chi connectivity index (χ3v) is 6.62. The second-order valence-electron chi connectivity index (χ2n) is 9.04. The van der Waals surface area contributed by atoms with Crippen LogP contribution in [0.25, 0.3) is 0 Å². The number of carbonyl (C=O) groups is 1. The van der Waals surface area contributed by atoms with Gasteiger partial charge in [0.1, 0.15) is 0 Å². The van der Waals surface area contributed by atoms with Crippen molar-refractivity contribution in [2.45, 2.75) is 64.3 Å². The first-order valence-electron chi connectivity index (χ1n) is 10.8. The predicted molar refractivity (Wildman–Crippen MR) is 120 cm³/mol. The van der Waals surface area contributed by atoms with E-state index in [1.165, 1.54) is 44.7 Å². The number of nitrogens with one attached hydrogen (secondary N) is 1. The average Bonchev–Trinajstić information content (AvgIpc) is 2.63. The van der Waals surface area contributed by atoms with Crippen molar-refractivity contribution in [2.75, 3.05) is 39.5 Å². The van der Waals surface area contributed by atoms with Gasteiger partial charge in [0, 0.05) is 25.1 Å². The monoisotopic (exact) mass is 441 g/mol. The van der Waals surface area contributed by atoms with E-state index in [4.69, 9.17) is 0 Å². The summed E-state index contributed by atoms with van der Waals surface area (Å²) in [5.41, 5.74) is 1.65. The molecule has 0 aliphatic carbocycles. The van der Waals surface area contributed by atoms with Crippen LogP contribution in [0, 0.1) is 0 Å². The van der Waals surface area contributed by atoms with E-state index < -0.39 is 22.2 Å². The fourth-order valence-electron chi connectivity index (χ4n) is 3.40. The summed E-state index contributed by atoms with van der Waals surface area (Å²) < 4.78 is 29.7. The number of carboxylic acid groups (broad SMARTS) is 1. The lowest BCUT2D eigenvalue weighted by Crippen LogP contribution is -2.52. The molecule has 172 valence electrons. The molecular weight excluding hydrogens is 402 g/mol. The average molecular weight is 442 g/mol. The topological polar surface area (TPSA) is 89.5 Å². The Morgan fingerprint density at radius 3 is 2.17 bits per heavy atom. The fourth-order valence-corrected chi connectivity index (χ4v) is 4.51. The van der Waals surface area contributed by atoms with Crippen LogP contribution in [0.3, 0.4) is 0 Å². The van der Waals surface area contributed by atoms with Crippen LogP contribution in [-0.4, -0.2) is 64.0 Å². The van der Waals surface area contributed by atoms with Crippen LogP contribution in [-0.2, 0) is 21.4 Å². The number of aliphatic carboxylic acids is 1. The highest BCUT2D eigenvalue weighted by molar-refractivity contribution is 7.90. The maximum absolute atomic E-state index is 12.8. The van der Waals surface area contributed by atoms with Crippen molar-refractivity contribution in [3.05, 3.63) is 29.8 Å². The van der Waals surface area contributed by atoms with Crippen LogP contribution in [0.5, 0.6) is 0 Å². The van der Waals surface area contributed by atoms with E-state index in [1.54, 1.807) is 12.1 Å². The second kappa shape index (κ2) is 12.3. The number of benzene rings is 1. The Balaban J connectivity index is 2.69. The van der Waals surface area contributed by atoms with Gasteiger partial charge in [-0.15, -0.1) is 0 Å². The standard InChI is InChI=1S/C22H39N3O4S/c1-6-7-8-9-10-11-12-19-13-15-20(16-14-19)23-30(28,29)24(2)21(17-22(26)27)18-25(3,4)5/h13-16,21,23H,6-12,17-18H2,1-5H3. The summed E-state index contributed by atoms with van der Waals surface area (Å²) in [6.45, 7) is 2.56. The van der Waals surface area contributed by atoms with E-state index >= 15 is 0 Å². The molecule has 0 aromatic heterocycles. The Labute approximate surface area is 182 Å². The van der Waals surface area contributed by atoms with Crippen molar-refractivity contribution >= 4 is 21.9 Å². The van der Waals surface area contributed by atoms with Gasteiger partial charge in [-0.1, -0.05) is 51.2 Å². The molecule has 0 spiro atoms. The van der Waals surface area contributed by atoms with Gasteiger partial charge in [0.25, 0.3) is 0 Å². The van der Waals surface area contributed by atoms with Crippen LogP contribution in [0.1, 0.15) is 57.4 Å². The molecule has 1 rings (SSSR count). The Bertz CT molecular complexity index is 743. The Hall–Kier alpha value is -1.64. The van der Waals surface area contributed by atoms with Gasteiger partial charge in [-0.25, -0.2) is 0 Å². The second-order valence-corrected chi connectivity index (χ2v) is 10.8. The van der Waals surface area contributed by atoms with E-state index in [2.05, 4.69) is 11.6 Å². The summed E-state index contributed by atoms with van der Waals surface area (Å²) in [6.07, 6.45) is 8.06. The van der Waals surface area contributed by atoms with E-state index in [1.807, 2.05) is 33.3 Å². The van der Waals surface area contributed by atoms with Gasteiger partial charge in [0.05, 0.1) is 33.7 Å². The van der Waals surface area contributed by atoms with Gasteiger partial charge in [0.15, 0.2) is 0 Å². The highest BCUT2D eigenvalue weighted by atomic mass is 32.2. The van der Waals surface area contributed by atoms with Gasteiger partial charge < -0.3 is 14.4 Å². The molecule has 0 radical (unpaired) electrons. The summed E-state index contributed by atoms with van der Waals surface area (Å²) in [5, 5.41) is 11.1. The van der Waals surface area contributed by atoms with E-state index in [9.17, 15) is 18.3 Å². The molecule has 7 nitrogen and oxygen atoms in total. The molecule has 8 heteroatoms. The molecular formula is C22H39N3O4S. The first-order chi connectivity index (χ1) is 13.9. The van der Waals surface area contributed by atoms with Crippen molar-refractivity contribution in [1.82, 2.24) is 4.31 Å². The smallest absolute Gasteiger partial charge is 0.301 e. The van der Waals surface area contributed by atoms with Gasteiger partial charge in [-0.2, -0.15) is 12.7 Å². The lowest BCUT2D eigenvalue weighted by atomic mass is 10.0. The maximum Gasteiger partial charge on any atom is 0.301 e. The molecule has 30 heavy (non-hydrogen) atoms. The molecule has 1 atom stereocenters. The molecule has 1 unspecified atom stereocenters. The van der Waals surface area contributed by atoms with Crippen molar-refractivity contribution in [3.8, 4) is 0 Å². The summed E-state index contributed by atoms with van der Waals surface area (Å²) in [7, 11) is 3.17. The normalized spacial score (nSPS) is 13.4. The fraction of sp³-hybridized carbons (Fsp3) is 0.682. The first kappa shape index (κ1) is 26.4. The molecule has 0 aliphatic heterocycles. The van der Waals surface area contributed by atoms with Crippen LogP contribution in [0.4, 0.5) is 5.69 Å². The zero-order valence-corrected chi connectivity index (χ0v) is 20.0. The largest absolute Gasteiger partial charge is 0.550 e. The number of likely N-dealkylation sites (N-methyl/N-ethyl adjacent to an activating group) is 2. The van der Waals surface area contributed by atoms with Crippen LogP contribution in [0.2, 0.25) is 0 Å². The minimum Gasteiger partial charge on any atom is -0.550 e. The summed E-state index contributed by atoms with van der Waals surface area (Å²) in [4.78, 5) is 11.1. The lowest BCUT2D eigenvalue weighted by molar-refractivity contribution is -0.872. The minimum atomic E-state index is -3.89. The molecule has 0 amide bonds. The minimum absolute atomic E-state index is 0.350. The van der Waals surface area contributed by atoms with Crippen LogP contribution < -0.4 is 9.83 Å². The van der Waals surface area contributed by atoms with Crippen molar-refractivity contribution in [1.29, 1.82) is 0 Å². The van der Waals surface area contributed by atoms with Gasteiger partial charge in [-0.3, -0.25) is 4.72 Å². The van der Waals surface area contributed by atoms with Crippen molar-refractivity contribution in [2.24, 2.45) is 0 Å². The third-order valence-electron chi connectivity index (χ3n) is 5.07. The number of nitrogens with zero attached hydrogens (tertiary/aromatic N) is 2. The molecule has 1 aromatic carbocycles. The quantitative estimate of drug-likeness (QED) is 0.334. The maximum atomic E-state index is 12.8. The highest BCUT2D eigenvalue weighted by Gasteiger charge is 2.30. The Morgan fingerprint density at radius 2 is 1.63 bits per heavy atom.